The van der Waals surface area contributed by atoms with Crippen LogP contribution in [0.5, 0.6) is 0 Å². The summed E-state index contributed by atoms with van der Waals surface area (Å²) in [6.07, 6.45) is 16.1. The molecule has 1 aliphatic heterocycles. The number of likely N-dealkylation sites (tertiary alicyclic amines) is 1. The van der Waals surface area contributed by atoms with Crippen molar-refractivity contribution in [2.45, 2.75) is 143 Å². The fourth-order valence-corrected chi connectivity index (χ4v) is 11.4. The van der Waals surface area contributed by atoms with Gasteiger partial charge in [-0.15, -0.1) is 0 Å². The van der Waals surface area contributed by atoms with E-state index in [9.17, 15) is 14.7 Å². The van der Waals surface area contributed by atoms with Crippen LogP contribution >= 0.6 is 0 Å². The number of aliphatic hydroxyl groups is 1. The Kier molecular flexibility index (Phi) is 14.5. The van der Waals surface area contributed by atoms with E-state index in [0.717, 1.165) is 41.9 Å². The zero-order chi connectivity index (χ0) is 36.8. The minimum Gasteiger partial charge on any atom is -0.394 e. The molecular formula is C42H72N2O7. The van der Waals surface area contributed by atoms with E-state index in [-0.39, 0.29) is 68.0 Å². The SMILES string of the molecule is CC(C)CC[C@H](C)[C@@H]1CC[C@@H]2C3CCC4=C[C@H](OCC(=O)NCCOCCOCC(=O)N5C[C@H](OC(C)C)C[C@H]5CO)CC[C@@]4(C)[C@@H]3CC[C@]21C. The highest BCUT2D eigenvalue weighted by Gasteiger charge is 2.59. The molecule has 4 aliphatic carbocycles. The molecule has 0 aromatic rings. The van der Waals surface area contributed by atoms with Gasteiger partial charge in [0.1, 0.15) is 13.2 Å². The highest BCUT2D eigenvalue weighted by atomic mass is 16.5. The molecule has 0 aromatic heterocycles. The summed E-state index contributed by atoms with van der Waals surface area (Å²) in [5.41, 5.74) is 2.40. The first-order chi connectivity index (χ1) is 24.4. The third-order valence-corrected chi connectivity index (χ3v) is 14.0. The number of aliphatic hydroxyl groups excluding tert-OH is 1. The Morgan fingerprint density at radius 2 is 1.73 bits per heavy atom. The Morgan fingerprint density at radius 1 is 0.941 bits per heavy atom. The van der Waals surface area contributed by atoms with Crippen molar-refractivity contribution >= 4 is 11.8 Å². The van der Waals surface area contributed by atoms with Gasteiger partial charge in [0, 0.05) is 13.1 Å². The molecule has 10 atom stereocenters. The number of hydrogen-bond acceptors (Lipinski definition) is 7. The third-order valence-electron chi connectivity index (χ3n) is 14.0. The Morgan fingerprint density at radius 3 is 2.47 bits per heavy atom. The summed E-state index contributed by atoms with van der Waals surface area (Å²) < 4.78 is 23.1. The molecule has 5 rings (SSSR count). The molecular weight excluding hydrogens is 644 g/mol. The molecule has 9 nitrogen and oxygen atoms in total. The van der Waals surface area contributed by atoms with Crippen LogP contribution in [0.1, 0.15) is 119 Å². The third kappa shape index (κ3) is 9.78. The van der Waals surface area contributed by atoms with Crippen molar-refractivity contribution in [2.75, 3.05) is 52.7 Å². The largest absolute Gasteiger partial charge is 0.394 e. The van der Waals surface area contributed by atoms with Crippen molar-refractivity contribution in [1.82, 2.24) is 10.2 Å². The van der Waals surface area contributed by atoms with Crippen LogP contribution in [-0.4, -0.2) is 98.9 Å². The van der Waals surface area contributed by atoms with Crippen LogP contribution in [0.15, 0.2) is 11.6 Å². The molecule has 0 radical (unpaired) electrons. The van der Waals surface area contributed by atoms with Crippen LogP contribution in [0.2, 0.25) is 0 Å². The quantitative estimate of drug-likeness (QED) is 0.122. The topological polar surface area (TPSA) is 107 Å². The number of allylic oxidation sites excluding steroid dienone is 1. The normalized spacial score (nSPS) is 35.4. The summed E-state index contributed by atoms with van der Waals surface area (Å²) in [5, 5.41) is 12.6. The average Bonchev–Trinajstić information content (AvgIpc) is 3.67. The highest BCUT2D eigenvalue weighted by molar-refractivity contribution is 5.78. The van der Waals surface area contributed by atoms with Gasteiger partial charge >= 0.3 is 0 Å². The Balaban J connectivity index is 0.963. The number of hydrogen-bond donors (Lipinski definition) is 2. The van der Waals surface area contributed by atoms with Gasteiger partial charge in [0.15, 0.2) is 0 Å². The fraction of sp³-hybridized carbons (Fsp3) is 0.905. The van der Waals surface area contributed by atoms with E-state index in [1.54, 1.807) is 10.5 Å². The van der Waals surface area contributed by atoms with Gasteiger partial charge in [-0.2, -0.15) is 0 Å². The van der Waals surface area contributed by atoms with Crippen LogP contribution < -0.4 is 5.32 Å². The van der Waals surface area contributed by atoms with Gasteiger partial charge in [-0.05, 0) is 118 Å². The van der Waals surface area contributed by atoms with E-state index in [1.165, 1.54) is 57.8 Å². The van der Waals surface area contributed by atoms with E-state index in [4.69, 9.17) is 18.9 Å². The number of fused-ring (bicyclic) bond motifs is 5. The molecule has 1 heterocycles. The smallest absolute Gasteiger partial charge is 0.248 e. The summed E-state index contributed by atoms with van der Waals surface area (Å²) >= 11 is 0. The maximum Gasteiger partial charge on any atom is 0.248 e. The second-order valence-electron chi connectivity index (χ2n) is 18.0. The van der Waals surface area contributed by atoms with Gasteiger partial charge in [0.25, 0.3) is 0 Å². The molecule has 2 amide bonds. The van der Waals surface area contributed by atoms with Gasteiger partial charge < -0.3 is 34.3 Å². The van der Waals surface area contributed by atoms with Crippen molar-refractivity contribution in [2.24, 2.45) is 46.3 Å². The fourth-order valence-electron chi connectivity index (χ4n) is 11.4. The lowest BCUT2D eigenvalue weighted by Gasteiger charge is -2.59. The van der Waals surface area contributed by atoms with Gasteiger partial charge in [-0.3, -0.25) is 9.59 Å². The predicted molar refractivity (Wildman–Crippen MR) is 200 cm³/mol. The first kappa shape index (κ1) is 40.7. The van der Waals surface area contributed by atoms with Crippen molar-refractivity contribution in [3.8, 4) is 0 Å². The van der Waals surface area contributed by atoms with E-state index in [0.29, 0.717) is 38.1 Å². The maximum absolute atomic E-state index is 12.6. The summed E-state index contributed by atoms with van der Waals surface area (Å²) in [4.78, 5) is 26.8. The summed E-state index contributed by atoms with van der Waals surface area (Å²) in [7, 11) is 0. The molecule has 292 valence electrons. The minimum absolute atomic E-state index is 0.0137. The number of nitrogens with zero attached hydrogens (tertiary/aromatic N) is 1. The summed E-state index contributed by atoms with van der Waals surface area (Å²) in [5.74, 6) is 4.81. The zero-order valence-corrected chi connectivity index (χ0v) is 33.1. The molecule has 4 fully saturated rings. The Labute approximate surface area is 309 Å². The van der Waals surface area contributed by atoms with Gasteiger partial charge in [0.05, 0.1) is 50.8 Å². The second-order valence-corrected chi connectivity index (χ2v) is 18.0. The van der Waals surface area contributed by atoms with Crippen LogP contribution in [0.4, 0.5) is 0 Å². The molecule has 0 bridgehead atoms. The number of carbonyl (C=O) groups excluding carboxylic acids is 2. The molecule has 1 saturated heterocycles. The van der Waals surface area contributed by atoms with Crippen LogP contribution in [-0.2, 0) is 28.5 Å². The Bertz CT molecular complexity index is 1180. The first-order valence-electron chi connectivity index (χ1n) is 20.7. The number of amides is 2. The Hall–Kier alpha value is -1.52. The zero-order valence-electron chi connectivity index (χ0n) is 33.1. The molecule has 9 heteroatoms. The highest BCUT2D eigenvalue weighted by Crippen LogP contribution is 2.67. The molecule has 5 aliphatic rings. The molecule has 0 spiro atoms. The maximum atomic E-state index is 12.6. The van der Waals surface area contributed by atoms with Crippen molar-refractivity contribution in [3.05, 3.63) is 11.6 Å². The van der Waals surface area contributed by atoms with Crippen LogP contribution in [0, 0.1) is 46.3 Å². The van der Waals surface area contributed by atoms with E-state index < -0.39 is 0 Å². The van der Waals surface area contributed by atoms with Crippen molar-refractivity contribution in [1.29, 1.82) is 0 Å². The van der Waals surface area contributed by atoms with Gasteiger partial charge in [-0.1, -0.05) is 59.1 Å². The second kappa shape index (κ2) is 18.2. The molecule has 2 N–H and O–H groups in total. The van der Waals surface area contributed by atoms with E-state index >= 15 is 0 Å². The monoisotopic (exact) mass is 717 g/mol. The van der Waals surface area contributed by atoms with E-state index in [1.807, 2.05) is 13.8 Å². The minimum atomic E-state index is -0.231. The molecule has 51 heavy (non-hydrogen) atoms. The molecule has 1 unspecified atom stereocenters. The number of nitrogens with one attached hydrogen (secondary N) is 1. The predicted octanol–water partition coefficient (Wildman–Crippen LogP) is 6.56. The number of rotatable bonds is 18. The van der Waals surface area contributed by atoms with E-state index in [2.05, 4.69) is 46.0 Å². The standard InChI is InChI=1S/C42H72N2O7/c1-28(2)8-9-30(5)36-12-13-37-35-11-10-31-22-33(14-16-41(31,6)38(35)15-17-42(36,37)7)50-26-39(46)43-18-19-48-20-21-49-27-40(47)44-24-34(51-29(3)4)23-32(44)25-45/h22,28-30,32-38,45H,8-21,23-27H2,1-7H3,(H,43,46)/t30-,32-,33+,34+,35?,36-,37+,38+,41+,42-/m0/s1. The van der Waals surface area contributed by atoms with Crippen molar-refractivity contribution < 1.29 is 33.6 Å². The van der Waals surface area contributed by atoms with Crippen molar-refractivity contribution in [3.63, 3.8) is 0 Å². The lowest BCUT2D eigenvalue weighted by molar-refractivity contribution is -0.138. The molecule has 0 aromatic carbocycles. The molecule has 3 saturated carbocycles. The lowest BCUT2D eigenvalue weighted by atomic mass is 9.46. The summed E-state index contributed by atoms with van der Waals surface area (Å²) in [6.45, 7) is 18.2. The number of ether oxygens (including phenoxy) is 4. The van der Waals surface area contributed by atoms with Gasteiger partial charge in [0.2, 0.25) is 11.8 Å². The lowest BCUT2D eigenvalue weighted by Crippen LogP contribution is -2.51. The van der Waals surface area contributed by atoms with Crippen LogP contribution in [0.3, 0.4) is 0 Å². The van der Waals surface area contributed by atoms with Crippen LogP contribution in [0.25, 0.3) is 0 Å². The van der Waals surface area contributed by atoms with Gasteiger partial charge in [-0.25, -0.2) is 0 Å². The summed E-state index contributed by atoms with van der Waals surface area (Å²) in [6, 6.07) is -0.231. The average molecular weight is 717 g/mol. The first-order valence-corrected chi connectivity index (χ1v) is 20.7. The number of carbonyl (C=O) groups is 2.